The van der Waals surface area contributed by atoms with Crippen molar-refractivity contribution in [2.24, 2.45) is 0 Å². The Morgan fingerprint density at radius 2 is 1.68 bits per heavy atom. The van der Waals surface area contributed by atoms with Crippen LogP contribution < -0.4 is 10.2 Å². The smallest absolute Gasteiger partial charge is 0.347 e. The van der Waals surface area contributed by atoms with Crippen molar-refractivity contribution in [3.8, 4) is 0 Å². The van der Waals surface area contributed by atoms with Gasteiger partial charge in [0.25, 0.3) is 5.91 Å². The Morgan fingerprint density at radius 1 is 1.06 bits per heavy atom. The lowest BCUT2D eigenvalue weighted by molar-refractivity contribution is -0.895. The normalized spacial score (nSPS) is 16.3. The molecule has 0 saturated carbocycles. The van der Waals surface area contributed by atoms with Crippen LogP contribution in [0, 0.1) is 0 Å². The first kappa shape index (κ1) is 23.5. The second-order valence-electron chi connectivity index (χ2n) is 7.19. The van der Waals surface area contributed by atoms with Crippen LogP contribution in [0.2, 0.25) is 5.02 Å². The highest BCUT2D eigenvalue weighted by atomic mass is 35.5. The van der Waals surface area contributed by atoms with Gasteiger partial charge in [-0.25, -0.2) is 8.42 Å². The number of nitrogens with zero attached hydrogens (tertiary/aromatic N) is 1. The molecule has 0 radical (unpaired) electrons. The molecule has 1 aliphatic heterocycles. The van der Waals surface area contributed by atoms with Gasteiger partial charge in [0, 0.05) is 11.6 Å². The number of piperazine rings is 1. The Balaban J connectivity index is 1.57. The highest BCUT2D eigenvalue weighted by Crippen LogP contribution is 2.35. The number of amides is 1. The Hall–Kier alpha value is -2.14. The molecule has 0 spiro atoms. The summed E-state index contributed by atoms with van der Waals surface area (Å²) in [7, 11) is -4.29. The van der Waals surface area contributed by atoms with Crippen LogP contribution >= 0.6 is 11.6 Å². The number of hydrogen-bond donors (Lipinski definition) is 2. The molecule has 2 aromatic carbocycles. The summed E-state index contributed by atoms with van der Waals surface area (Å²) in [6.07, 6.45) is -4.77. The molecule has 2 aromatic rings. The van der Waals surface area contributed by atoms with Crippen LogP contribution in [0.4, 0.5) is 13.2 Å². The predicted molar refractivity (Wildman–Crippen MR) is 109 cm³/mol. The summed E-state index contributed by atoms with van der Waals surface area (Å²) in [4.78, 5) is 12.3. The number of rotatable bonds is 6. The molecule has 1 amide bonds. The first-order valence-corrected chi connectivity index (χ1v) is 11.4. The maximum atomic E-state index is 13.2. The highest BCUT2D eigenvalue weighted by molar-refractivity contribution is 7.89. The van der Waals surface area contributed by atoms with Crippen molar-refractivity contribution >= 4 is 27.5 Å². The van der Waals surface area contributed by atoms with E-state index in [0.29, 0.717) is 18.1 Å². The van der Waals surface area contributed by atoms with Gasteiger partial charge in [-0.2, -0.15) is 17.5 Å². The van der Waals surface area contributed by atoms with E-state index in [2.05, 4.69) is 5.32 Å². The Labute approximate surface area is 183 Å². The molecule has 0 bridgehead atoms. The SMILES string of the molecule is O=C(C[NH+]1CCN(S(=O)(=O)c2ccccc2C(F)(F)F)CC1)NCc1ccccc1Cl. The van der Waals surface area contributed by atoms with Gasteiger partial charge < -0.3 is 10.2 Å². The summed E-state index contributed by atoms with van der Waals surface area (Å²) in [6.45, 7) is 1.10. The van der Waals surface area contributed by atoms with E-state index in [4.69, 9.17) is 11.6 Å². The van der Waals surface area contributed by atoms with E-state index in [1.807, 2.05) is 6.07 Å². The first-order valence-electron chi connectivity index (χ1n) is 9.59. The lowest BCUT2D eigenvalue weighted by Crippen LogP contribution is -3.15. The van der Waals surface area contributed by atoms with Crippen molar-refractivity contribution in [1.82, 2.24) is 9.62 Å². The van der Waals surface area contributed by atoms with Crippen molar-refractivity contribution in [1.29, 1.82) is 0 Å². The average Bonchev–Trinajstić information content (AvgIpc) is 2.73. The van der Waals surface area contributed by atoms with Gasteiger partial charge in [-0.15, -0.1) is 0 Å². The third-order valence-corrected chi connectivity index (χ3v) is 7.41. The lowest BCUT2D eigenvalue weighted by Gasteiger charge is -2.31. The second-order valence-corrected chi connectivity index (χ2v) is 9.51. The number of alkyl halides is 3. The van der Waals surface area contributed by atoms with Gasteiger partial charge in [0.05, 0.1) is 36.6 Å². The number of sulfonamides is 1. The number of quaternary nitrogens is 1. The van der Waals surface area contributed by atoms with E-state index >= 15 is 0 Å². The maximum Gasteiger partial charge on any atom is 0.417 e. The lowest BCUT2D eigenvalue weighted by atomic mass is 10.2. The quantitative estimate of drug-likeness (QED) is 0.665. The number of benzene rings is 2. The Bertz CT molecular complexity index is 1040. The highest BCUT2D eigenvalue weighted by Gasteiger charge is 2.40. The van der Waals surface area contributed by atoms with E-state index in [1.165, 1.54) is 6.07 Å². The number of carbonyl (C=O) groups excluding carboxylic acids is 1. The summed E-state index contributed by atoms with van der Waals surface area (Å²) < 4.78 is 66.3. The zero-order valence-corrected chi connectivity index (χ0v) is 18.0. The van der Waals surface area contributed by atoms with E-state index in [-0.39, 0.29) is 32.1 Å². The standard InChI is InChI=1S/C20H21ClF3N3O3S/c21-17-7-3-1-5-15(17)13-25-19(28)14-26-9-11-27(12-10-26)31(29,30)18-8-4-2-6-16(18)20(22,23)24/h1-8H,9-14H2,(H,25,28)/p+1. The minimum atomic E-state index is -4.77. The van der Waals surface area contributed by atoms with Crippen LogP contribution in [0.1, 0.15) is 11.1 Å². The fourth-order valence-electron chi connectivity index (χ4n) is 3.41. The molecule has 31 heavy (non-hydrogen) atoms. The monoisotopic (exact) mass is 476 g/mol. The van der Waals surface area contributed by atoms with E-state index < -0.39 is 26.7 Å². The summed E-state index contributed by atoms with van der Waals surface area (Å²) in [6, 6.07) is 11.3. The van der Waals surface area contributed by atoms with Crippen LogP contribution in [0.25, 0.3) is 0 Å². The van der Waals surface area contributed by atoms with Gasteiger partial charge in [-0.3, -0.25) is 4.79 Å². The van der Waals surface area contributed by atoms with Gasteiger partial charge >= 0.3 is 6.18 Å². The molecule has 0 atom stereocenters. The molecule has 0 unspecified atom stereocenters. The number of hydrogen-bond acceptors (Lipinski definition) is 3. The van der Waals surface area contributed by atoms with Crippen LogP contribution in [0.5, 0.6) is 0 Å². The molecule has 2 N–H and O–H groups in total. The van der Waals surface area contributed by atoms with E-state index in [1.54, 1.807) is 18.2 Å². The predicted octanol–water partition coefficient (Wildman–Crippen LogP) is 1.56. The van der Waals surface area contributed by atoms with Crippen LogP contribution in [-0.4, -0.2) is 51.4 Å². The maximum absolute atomic E-state index is 13.2. The molecule has 168 valence electrons. The zero-order valence-electron chi connectivity index (χ0n) is 16.5. The topological polar surface area (TPSA) is 70.9 Å². The molecule has 1 fully saturated rings. The molecule has 1 saturated heterocycles. The third kappa shape index (κ3) is 5.76. The Morgan fingerprint density at radius 3 is 2.32 bits per heavy atom. The fourth-order valence-corrected chi connectivity index (χ4v) is 5.27. The van der Waals surface area contributed by atoms with Crippen LogP contribution in [-0.2, 0) is 27.5 Å². The first-order chi connectivity index (χ1) is 14.6. The largest absolute Gasteiger partial charge is 0.417 e. The second kappa shape index (κ2) is 9.56. The summed E-state index contributed by atoms with van der Waals surface area (Å²) in [5.74, 6) is -0.214. The van der Waals surface area contributed by atoms with Crippen molar-refractivity contribution < 1.29 is 31.3 Å². The summed E-state index contributed by atoms with van der Waals surface area (Å²) >= 11 is 6.06. The van der Waals surface area contributed by atoms with Crippen molar-refractivity contribution in [3.05, 3.63) is 64.7 Å². The third-order valence-electron chi connectivity index (χ3n) is 5.08. The molecule has 1 heterocycles. The van der Waals surface area contributed by atoms with Gasteiger partial charge in [-0.05, 0) is 23.8 Å². The van der Waals surface area contributed by atoms with Gasteiger partial charge in [-0.1, -0.05) is 41.9 Å². The van der Waals surface area contributed by atoms with Gasteiger partial charge in [0.1, 0.15) is 0 Å². The van der Waals surface area contributed by atoms with Gasteiger partial charge in [0.15, 0.2) is 6.54 Å². The van der Waals surface area contributed by atoms with E-state index in [9.17, 15) is 26.4 Å². The number of nitrogens with one attached hydrogen (secondary N) is 2. The van der Waals surface area contributed by atoms with Crippen molar-refractivity contribution in [2.75, 3.05) is 32.7 Å². The molecule has 0 aliphatic carbocycles. The zero-order chi connectivity index (χ0) is 22.6. The molecule has 3 rings (SSSR count). The van der Waals surface area contributed by atoms with E-state index in [0.717, 1.165) is 33.0 Å². The van der Waals surface area contributed by atoms with Crippen molar-refractivity contribution in [2.45, 2.75) is 17.6 Å². The average molecular weight is 477 g/mol. The number of carbonyl (C=O) groups is 1. The summed E-state index contributed by atoms with van der Waals surface area (Å²) in [5.41, 5.74) is -0.393. The fraction of sp³-hybridized carbons (Fsp3) is 0.350. The summed E-state index contributed by atoms with van der Waals surface area (Å²) in [5, 5.41) is 3.33. The minimum Gasteiger partial charge on any atom is -0.347 e. The molecule has 0 aromatic heterocycles. The Kier molecular flexibility index (Phi) is 7.25. The molecule has 1 aliphatic rings. The molecular formula is C20H22ClF3N3O3S+. The number of halogens is 4. The molecule has 6 nitrogen and oxygen atoms in total. The van der Waals surface area contributed by atoms with Crippen LogP contribution in [0.3, 0.4) is 0 Å². The van der Waals surface area contributed by atoms with Gasteiger partial charge in [0.2, 0.25) is 10.0 Å². The molecular weight excluding hydrogens is 455 g/mol. The van der Waals surface area contributed by atoms with Crippen LogP contribution in [0.15, 0.2) is 53.4 Å². The molecule has 11 heteroatoms. The minimum absolute atomic E-state index is 0.0294. The van der Waals surface area contributed by atoms with Crippen molar-refractivity contribution in [3.63, 3.8) is 0 Å².